The van der Waals surface area contributed by atoms with Crippen molar-refractivity contribution in [2.24, 2.45) is 0 Å². The number of anilines is 1. The van der Waals surface area contributed by atoms with Gasteiger partial charge in [-0.15, -0.1) is 0 Å². The van der Waals surface area contributed by atoms with Crippen molar-refractivity contribution in [2.45, 2.75) is 58.4 Å². The van der Waals surface area contributed by atoms with Crippen molar-refractivity contribution in [1.29, 1.82) is 0 Å². The molecule has 0 fully saturated rings. The maximum Gasteiger partial charge on any atom is 0.340 e. The van der Waals surface area contributed by atoms with Gasteiger partial charge in [-0.05, 0) is 65.0 Å². The van der Waals surface area contributed by atoms with Crippen LogP contribution < -0.4 is 10.6 Å². The topological polar surface area (TPSA) is 67.4 Å². The van der Waals surface area contributed by atoms with E-state index in [4.69, 9.17) is 4.74 Å². The Labute approximate surface area is 156 Å². The average molecular weight is 358 g/mol. The van der Waals surface area contributed by atoms with E-state index >= 15 is 0 Å². The highest BCUT2D eigenvalue weighted by Crippen LogP contribution is 2.21. The summed E-state index contributed by atoms with van der Waals surface area (Å²) in [6.07, 6.45) is 8.22. The summed E-state index contributed by atoms with van der Waals surface area (Å²) in [4.78, 5) is 24.2. The summed E-state index contributed by atoms with van der Waals surface area (Å²) in [6, 6.07) is 7.25. The van der Waals surface area contributed by atoms with Crippen molar-refractivity contribution in [1.82, 2.24) is 5.32 Å². The van der Waals surface area contributed by atoms with E-state index < -0.39 is 5.97 Å². The molecule has 0 spiro atoms. The Kier molecular flexibility index (Phi) is 7.25. The van der Waals surface area contributed by atoms with E-state index in [1.807, 2.05) is 32.9 Å². The number of rotatable bonds is 7. The zero-order chi connectivity index (χ0) is 19.0. The van der Waals surface area contributed by atoms with Crippen molar-refractivity contribution >= 4 is 17.6 Å². The van der Waals surface area contributed by atoms with Crippen molar-refractivity contribution in [2.75, 3.05) is 18.5 Å². The molecule has 2 N–H and O–H groups in total. The van der Waals surface area contributed by atoms with Crippen LogP contribution in [0.3, 0.4) is 0 Å². The number of amides is 1. The Hall–Kier alpha value is -2.30. The van der Waals surface area contributed by atoms with Crippen LogP contribution in [0.5, 0.6) is 0 Å². The standard InChI is InChI=1S/C21H30N2O3/c1-21(2,3)23-19(24)15-26-20(25)17-11-7-8-12-18(17)22-14-13-16-9-5-4-6-10-16/h7-9,11-12,22H,4-6,10,13-15H2,1-3H3,(H,23,24). The largest absolute Gasteiger partial charge is 0.452 e. The highest BCUT2D eigenvalue weighted by Gasteiger charge is 2.17. The molecular weight excluding hydrogens is 328 g/mol. The van der Waals surface area contributed by atoms with Gasteiger partial charge in [0.25, 0.3) is 5.91 Å². The number of hydrogen-bond donors (Lipinski definition) is 2. The first-order valence-corrected chi connectivity index (χ1v) is 9.34. The predicted octanol–water partition coefficient (Wildman–Crippen LogP) is 4.06. The molecular formula is C21H30N2O3. The summed E-state index contributed by atoms with van der Waals surface area (Å²) in [5.41, 5.74) is 2.33. The van der Waals surface area contributed by atoms with Crippen LogP contribution in [0.25, 0.3) is 0 Å². The molecule has 1 aromatic carbocycles. The lowest BCUT2D eigenvalue weighted by Crippen LogP contribution is -2.42. The summed E-state index contributed by atoms with van der Waals surface area (Å²) in [5, 5.41) is 6.10. The normalized spacial score (nSPS) is 14.3. The summed E-state index contributed by atoms with van der Waals surface area (Å²) < 4.78 is 5.17. The number of benzene rings is 1. The van der Waals surface area contributed by atoms with Gasteiger partial charge in [-0.2, -0.15) is 0 Å². The summed E-state index contributed by atoms with van der Waals surface area (Å²) >= 11 is 0. The van der Waals surface area contributed by atoms with Gasteiger partial charge in [-0.3, -0.25) is 4.79 Å². The van der Waals surface area contributed by atoms with Gasteiger partial charge in [0.15, 0.2) is 6.61 Å². The number of esters is 1. The molecule has 0 aliphatic heterocycles. The fourth-order valence-electron chi connectivity index (χ4n) is 2.97. The minimum atomic E-state index is -0.492. The smallest absolute Gasteiger partial charge is 0.340 e. The van der Waals surface area contributed by atoms with Gasteiger partial charge in [0.05, 0.1) is 5.56 Å². The fourth-order valence-corrected chi connectivity index (χ4v) is 2.97. The van der Waals surface area contributed by atoms with E-state index in [2.05, 4.69) is 16.7 Å². The quantitative estimate of drug-likeness (QED) is 0.570. The van der Waals surface area contributed by atoms with Gasteiger partial charge in [-0.1, -0.05) is 23.8 Å². The van der Waals surface area contributed by atoms with Crippen molar-refractivity contribution < 1.29 is 14.3 Å². The lowest BCUT2D eigenvalue weighted by Gasteiger charge is -2.20. The molecule has 0 radical (unpaired) electrons. The van der Waals surface area contributed by atoms with Crippen LogP contribution in [0.4, 0.5) is 5.69 Å². The molecule has 26 heavy (non-hydrogen) atoms. The average Bonchev–Trinajstić information content (AvgIpc) is 2.59. The first kappa shape index (κ1) is 20.0. The van der Waals surface area contributed by atoms with E-state index in [0.717, 1.165) is 18.7 Å². The van der Waals surface area contributed by atoms with Crippen LogP contribution in [0.2, 0.25) is 0 Å². The van der Waals surface area contributed by atoms with Gasteiger partial charge in [0.2, 0.25) is 0 Å². The van der Waals surface area contributed by atoms with Gasteiger partial charge >= 0.3 is 5.97 Å². The van der Waals surface area contributed by atoms with E-state index in [9.17, 15) is 9.59 Å². The minimum Gasteiger partial charge on any atom is -0.452 e. The van der Waals surface area contributed by atoms with Crippen molar-refractivity contribution in [3.8, 4) is 0 Å². The summed E-state index contributed by atoms with van der Waals surface area (Å²) in [7, 11) is 0. The van der Waals surface area contributed by atoms with Crippen LogP contribution in [-0.4, -0.2) is 30.6 Å². The molecule has 0 unspecified atom stereocenters. The Bertz CT molecular complexity index is 659. The monoisotopic (exact) mass is 358 g/mol. The second-order valence-corrected chi connectivity index (χ2v) is 7.70. The third-order valence-corrected chi connectivity index (χ3v) is 4.14. The molecule has 0 saturated carbocycles. The molecule has 1 aliphatic carbocycles. The number of carbonyl (C=O) groups is 2. The number of carbonyl (C=O) groups excluding carboxylic acids is 2. The van der Waals surface area contributed by atoms with E-state index in [1.54, 1.807) is 12.1 Å². The zero-order valence-electron chi connectivity index (χ0n) is 16.1. The molecule has 0 aromatic heterocycles. The summed E-state index contributed by atoms with van der Waals surface area (Å²) in [5.74, 6) is -0.797. The number of hydrogen-bond acceptors (Lipinski definition) is 4. The lowest BCUT2D eigenvalue weighted by atomic mass is 9.97. The Morgan fingerprint density at radius 2 is 1.92 bits per heavy atom. The Balaban J connectivity index is 1.87. The number of allylic oxidation sites excluding steroid dienone is 1. The van der Waals surface area contributed by atoms with Crippen LogP contribution in [0.1, 0.15) is 63.2 Å². The SMILES string of the molecule is CC(C)(C)NC(=O)COC(=O)c1ccccc1NCCC1=CCCCC1. The van der Waals surface area contributed by atoms with Crippen LogP contribution in [0, 0.1) is 0 Å². The minimum absolute atomic E-state index is 0.280. The molecule has 0 heterocycles. The molecule has 5 heteroatoms. The second kappa shape index (κ2) is 9.41. The molecule has 2 rings (SSSR count). The van der Waals surface area contributed by atoms with Gasteiger partial charge in [-0.25, -0.2) is 4.79 Å². The molecule has 5 nitrogen and oxygen atoms in total. The molecule has 0 atom stereocenters. The number of nitrogens with one attached hydrogen (secondary N) is 2. The molecule has 1 aliphatic rings. The molecule has 1 aromatic rings. The Morgan fingerprint density at radius 1 is 1.15 bits per heavy atom. The first-order chi connectivity index (χ1) is 12.3. The van der Waals surface area contributed by atoms with Crippen LogP contribution >= 0.6 is 0 Å². The predicted molar refractivity (Wildman–Crippen MR) is 104 cm³/mol. The zero-order valence-corrected chi connectivity index (χ0v) is 16.1. The molecule has 0 bridgehead atoms. The third kappa shape index (κ3) is 6.90. The van der Waals surface area contributed by atoms with E-state index in [1.165, 1.54) is 31.3 Å². The first-order valence-electron chi connectivity index (χ1n) is 9.34. The lowest BCUT2D eigenvalue weighted by molar-refractivity contribution is -0.125. The van der Waals surface area contributed by atoms with Gasteiger partial charge in [0.1, 0.15) is 0 Å². The highest BCUT2D eigenvalue weighted by molar-refractivity contribution is 5.96. The van der Waals surface area contributed by atoms with Crippen molar-refractivity contribution in [3.63, 3.8) is 0 Å². The van der Waals surface area contributed by atoms with Gasteiger partial charge < -0.3 is 15.4 Å². The second-order valence-electron chi connectivity index (χ2n) is 7.70. The number of ether oxygens (including phenoxy) is 1. The third-order valence-electron chi connectivity index (χ3n) is 4.14. The molecule has 1 amide bonds. The molecule has 0 saturated heterocycles. The maximum absolute atomic E-state index is 12.3. The van der Waals surface area contributed by atoms with E-state index in [0.29, 0.717) is 5.56 Å². The summed E-state index contributed by atoms with van der Waals surface area (Å²) in [6.45, 7) is 6.15. The van der Waals surface area contributed by atoms with Crippen LogP contribution in [-0.2, 0) is 9.53 Å². The Morgan fingerprint density at radius 3 is 2.62 bits per heavy atom. The van der Waals surface area contributed by atoms with Crippen LogP contribution in [0.15, 0.2) is 35.9 Å². The van der Waals surface area contributed by atoms with E-state index in [-0.39, 0.29) is 18.1 Å². The number of para-hydroxylation sites is 1. The fraction of sp³-hybridized carbons (Fsp3) is 0.524. The highest BCUT2D eigenvalue weighted by atomic mass is 16.5. The van der Waals surface area contributed by atoms with Crippen molar-refractivity contribution in [3.05, 3.63) is 41.5 Å². The maximum atomic E-state index is 12.3. The molecule has 142 valence electrons. The van der Waals surface area contributed by atoms with Gasteiger partial charge in [0, 0.05) is 17.8 Å².